The summed E-state index contributed by atoms with van der Waals surface area (Å²) in [6.07, 6.45) is 12.2. The van der Waals surface area contributed by atoms with Crippen molar-refractivity contribution in [3.63, 3.8) is 0 Å². The van der Waals surface area contributed by atoms with Crippen LogP contribution in [0.2, 0.25) is 0 Å². The Kier molecular flexibility index (Phi) is 2.99. The molecule has 0 aromatic heterocycles. The van der Waals surface area contributed by atoms with Gasteiger partial charge in [-0.3, -0.25) is 0 Å². The molecule has 2 heterocycles. The van der Waals surface area contributed by atoms with Gasteiger partial charge < -0.3 is 9.47 Å². The standard InChI is InChI=1S/C13H22NO2/c1-14-9-12-13(16-12)15-11-8-6-4-2-3-5-7-10(11)14/h9-13H,2-8H2,1H3/q+1. The molecular formula is C13H22NO2+. The Morgan fingerprint density at radius 3 is 2.62 bits per heavy atom. The van der Waals surface area contributed by atoms with Crippen molar-refractivity contribution in [3.8, 4) is 0 Å². The summed E-state index contributed by atoms with van der Waals surface area (Å²) in [4.78, 5) is 0. The van der Waals surface area contributed by atoms with Gasteiger partial charge in [0.2, 0.25) is 0 Å². The van der Waals surface area contributed by atoms with Crippen molar-refractivity contribution >= 4 is 6.21 Å². The molecule has 2 fully saturated rings. The van der Waals surface area contributed by atoms with Gasteiger partial charge in [0.05, 0.1) is 0 Å². The van der Waals surface area contributed by atoms with Gasteiger partial charge in [0, 0.05) is 6.42 Å². The maximum absolute atomic E-state index is 6.06. The van der Waals surface area contributed by atoms with Crippen LogP contribution < -0.4 is 0 Å². The highest BCUT2D eigenvalue weighted by Gasteiger charge is 2.49. The first kappa shape index (κ1) is 10.7. The number of likely N-dealkylation sites (N-methyl/N-ethyl adjacent to an activating group) is 1. The molecule has 1 saturated heterocycles. The number of epoxide rings is 1. The van der Waals surface area contributed by atoms with Gasteiger partial charge >= 0.3 is 0 Å². The lowest BCUT2D eigenvalue weighted by Gasteiger charge is -2.21. The first-order valence-corrected chi connectivity index (χ1v) is 6.72. The summed E-state index contributed by atoms with van der Waals surface area (Å²) < 4.78 is 13.9. The predicted molar refractivity (Wildman–Crippen MR) is 61.9 cm³/mol. The molecule has 3 heteroatoms. The summed E-state index contributed by atoms with van der Waals surface area (Å²) >= 11 is 0. The highest BCUT2D eigenvalue weighted by molar-refractivity contribution is 5.61. The summed E-state index contributed by atoms with van der Waals surface area (Å²) in [5.41, 5.74) is 0. The summed E-state index contributed by atoms with van der Waals surface area (Å²) in [6, 6.07) is 0.578. The molecule has 0 bridgehead atoms. The molecule has 0 amide bonds. The molecule has 1 aliphatic carbocycles. The Bertz CT molecular complexity index is 290. The average molecular weight is 224 g/mol. The topological polar surface area (TPSA) is 24.8 Å². The number of fused-ring (bicyclic) bond motifs is 2. The van der Waals surface area contributed by atoms with Crippen LogP contribution in [-0.2, 0) is 9.47 Å². The second-order valence-electron chi connectivity index (χ2n) is 5.37. The third-order valence-electron chi connectivity index (χ3n) is 4.11. The van der Waals surface area contributed by atoms with Gasteiger partial charge in [-0.05, 0) is 12.8 Å². The summed E-state index contributed by atoms with van der Waals surface area (Å²) in [6.45, 7) is 0. The molecule has 0 aromatic rings. The van der Waals surface area contributed by atoms with Crippen LogP contribution in [0.3, 0.4) is 0 Å². The van der Waals surface area contributed by atoms with E-state index < -0.39 is 0 Å². The van der Waals surface area contributed by atoms with E-state index in [2.05, 4.69) is 17.8 Å². The monoisotopic (exact) mass is 224 g/mol. The number of rotatable bonds is 0. The van der Waals surface area contributed by atoms with E-state index in [0.29, 0.717) is 12.1 Å². The lowest BCUT2D eigenvalue weighted by molar-refractivity contribution is -0.548. The molecule has 2 aliphatic heterocycles. The van der Waals surface area contributed by atoms with Crippen molar-refractivity contribution in [1.82, 2.24) is 0 Å². The van der Waals surface area contributed by atoms with Gasteiger partial charge in [-0.15, -0.1) is 0 Å². The van der Waals surface area contributed by atoms with Crippen molar-refractivity contribution < 1.29 is 14.0 Å². The summed E-state index contributed by atoms with van der Waals surface area (Å²) in [5.74, 6) is 0. The molecule has 0 aromatic carbocycles. The van der Waals surface area contributed by atoms with Crippen LogP contribution in [0.25, 0.3) is 0 Å². The molecule has 4 unspecified atom stereocenters. The fourth-order valence-corrected chi connectivity index (χ4v) is 3.07. The van der Waals surface area contributed by atoms with Crippen LogP contribution in [0.5, 0.6) is 0 Å². The Balaban J connectivity index is 1.76. The smallest absolute Gasteiger partial charge is 0.195 e. The van der Waals surface area contributed by atoms with Crippen LogP contribution >= 0.6 is 0 Å². The number of ether oxygens (including phenoxy) is 2. The first-order chi connectivity index (χ1) is 7.84. The van der Waals surface area contributed by atoms with Crippen LogP contribution in [-0.4, -0.2) is 42.4 Å². The van der Waals surface area contributed by atoms with Crippen LogP contribution in [0.15, 0.2) is 0 Å². The fraction of sp³-hybridized carbons (Fsp3) is 0.923. The average Bonchev–Trinajstić information content (AvgIpc) is 2.96. The molecule has 4 atom stereocenters. The minimum atomic E-state index is 0.0678. The lowest BCUT2D eigenvalue weighted by Crippen LogP contribution is -2.37. The van der Waals surface area contributed by atoms with Crippen LogP contribution in [0.1, 0.15) is 44.9 Å². The first-order valence-electron chi connectivity index (χ1n) is 6.72. The predicted octanol–water partition coefficient (Wildman–Crippen LogP) is 1.94. The molecular weight excluding hydrogens is 202 g/mol. The van der Waals surface area contributed by atoms with Crippen molar-refractivity contribution in [2.75, 3.05) is 7.05 Å². The van der Waals surface area contributed by atoms with E-state index in [1.807, 2.05) is 0 Å². The maximum Gasteiger partial charge on any atom is 0.195 e. The second kappa shape index (κ2) is 4.46. The van der Waals surface area contributed by atoms with Gasteiger partial charge in [-0.1, -0.05) is 25.7 Å². The van der Waals surface area contributed by atoms with E-state index in [0.717, 1.165) is 0 Å². The minimum absolute atomic E-state index is 0.0678. The Hall–Kier alpha value is -0.410. The van der Waals surface area contributed by atoms with Crippen LogP contribution in [0.4, 0.5) is 0 Å². The Labute approximate surface area is 97.4 Å². The van der Waals surface area contributed by atoms with Gasteiger partial charge in [0.25, 0.3) is 0 Å². The van der Waals surface area contributed by atoms with Gasteiger partial charge in [-0.25, -0.2) is 4.58 Å². The Morgan fingerprint density at radius 2 is 1.75 bits per heavy atom. The number of nitrogens with zero attached hydrogens (tertiary/aromatic N) is 1. The SMILES string of the molecule is C[N+]1=CC2OC2OC2CCCCCCCC21. The molecule has 90 valence electrons. The molecule has 0 spiro atoms. The van der Waals surface area contributed by atoms with Gasteiger partial charge in [0.1, 0.15) is 13.2 Å². The third kappa shape index (κ3) is 2.16. The normalized spacial score (nSPS) is 43.9. The molecule has 0 N–H and O–H groups in total. The zero-order chi connectivity index (χ0) is 11.0. The highest BCUT2D eigenvalue weighted by Crippen LogP contribution is 2.31. The van der Waals surface area contributed by atoms with E-state index in [1.54, 1.807) is 0 Å². The van der Waals surface area contributed by atoms with Crippen LogP contribution in [0, 0.1) is 0 Å². The fourth-order valence-electron chi connectivity index (χ4n) is 3.07. The molecule has 1 saturated carbocycles. The third-order valence-corrected chi connectivity index (χ3v) is 4.11. The van der Waals surface area contributed by atoms with E-state index in [9.17, 15) is 0 Å². The number of hydrogen-bond donors (Lipinski definition) is 0. The molecule has 16 heavy (non-hydrogen) atoms. The molecule has 3 nitrogen and oxygen atoms in total. The minimum Gasteiger partial charge on any atom is -0.339 e. The summed E-state index contributed by atoms with van der Waals surface area (Å²) in [7, 11) is 2.18. The van der Waals surface area contributed by atoms with E-state index in [-0.39, 0.29) is 12.4 Å². The maximum atomic E-state index is 6.06. The van der Waals surface area contributed by atoms with Crippen molar-refractivity contribution in [3.05, 3.63) is 0 Å². The lowest BCUT2D eigenvalue weighted by atomic mass is 10.0. The van der Waals surface area contributed by atoms with Crippen molar-refractivity contribution in [2.24, 2.45) is 0 Å². The summed E-state index contributed by atoms with van der Waals surface area (Å²) in [5, 5.41) is 0. The molecule has 3 aliphatic rings. The Morgan fingerprint density at radius 1 is 1.00 bits per heavy atom. The second-order valence-corrected chi connectivity index (χ2v) is 5.37. The zero-order valence-corrected chi connectivity index (χ0v) is 10.1. The van der Waals surface area contributed by atoms with E-state index >= 15 is 0 Å². The highest BCUT2D eigenvalue weighted by atomic mass is 16.8. The molecule has 3 rings (SSSR count). The van der Waals surface area contributed by atoms with Gasteiger partial charge in [0.15, 0.2) is 24.7 Å². The largest absolute Gasteiger partial charge is 0.339 e. The van der Waals surface area contributed by atoms with Crippen molar-refractivity contribution in [2.45, 2.75) is 69.5 Å². The number of hydrogen-bond acceptors (Lipinski definition) is 2. The van der Waals surface area contributed by atoms with Gasteiger partial charge in [-0.2, -0.15) is 0 Å². The zero-order valence-electron chi connectivity index (χ0n) is 10.1. The molecule has 0 radical (unpaired) electrons. The van der Waals surface area contributed by atoms with E-state index in [1.165, 1.54) is 44.9 Å². The van der Waals surface area contributed by atoms with Crippen molar-refractivity contribution in [1.29, 1.82) is 0 Å². The quantitative estimate of drug-likeness (QED) is 0.464. The van der Waals surface area contributed by atoms with E-state index in [4.69, 9.17) is 9.47 Å².